The van der Waals surface area contributed by atoms with Gasteiger partial charge in [-0.05, 0) is 42.0 Å². The first-order valence-electron chi connectivity index (χ1n) is 15.4. The number of amides is 2. The first kappa shape index (κ1) is 40.0. The molecule has 0 radical (unpaired) electrons. The van der Waals surface area contributed by atoms with E-state index in [1.54, 1.807) is 12.1 Å². The summed E-state index contributed by atoms with van der Waals surface area (Å²) in [7, 11) is -8.59. The van der Waals surface area contributed by atoms with Gasteiger partial charge in [0, 0.05) is 51.9 Å². The van der Waals surface area contributed by atoms with Crippen LogP contribution in [0.3, 0.4) is 0 Å². The highest BCUT2D eigenvalue weighted by Gasteiger charge is 2.24. The molecule has 0 aliphatic carbocycles. The Morgan fingerprint density at radius 1 is 0.788 bits per heavy atom. The smallest absolute Gasteiger partial charge is 0.342 e. The molecule has 1 saturated heterocycles. The number of nitrogens with zero attached hydrogens (tertiary/aromatic N) is 3. The number of halogens is 4. The lowest BCUT2D eigenvalue weighted by atomic mass is 10.2. The van der Waals surface area contributed by atoms with E-state index in [-0.39, 0.29) is 36.8 Å². The maximum absolute atomic E-state index is 12.8. The van der Waals surface area contributed by atoms with Gasteiger partial charge >= 0.3 is 16.1 Å². The lowest BCUT2D eigenvalue weighted by Crippen LogP contribution is -2.48. The number of thiazole rings is 1. The lowest BCUT2D eigenvalue weighted by molar-refractivity contribution is 0.128. The monoisotopic (exact) mass is 845 g/mol. The zero-order valence-corrected chi connectivity index (χ0v) is 32.5. The van der Waals surface area contributed by atoms with Gasteiger partial charge in [-0.2, -0.15) is 16.8 Å². The van der Waals surface area contributed by atoms with Crippen LogP contribution < -0.4 is 14.8 Å². The molecule has 3 N–H and O–H groups in total. The van der Waals surface area contributed by atoms with E-state index >= 15 is 0 Å². The molecule has 12 nitrogen and oxygen atoms in total. The number of carbonyl (C=O) groups excluding carboxylic acids is 1. The van der Waals surface area contributed by atoms with Crippen LogP contribution in [0.25, 0.3) is 10.2 Å². The molecular formula is C33H31Cl4N5O7S3. The average Bonchev–Trinajstić information content (AvgIpc) is 3.46. The minimum absolute atomic E-state index is 0.0332. The van der Waals surface area contributed by atoms with E-state index in [0.29, 0.717) is 21.9 Å². The molecule has 5 aromatic rings. The lowest BCUT2D eigenvalue weighted by Gasteiger charge is -2.34. The Morgan fingerprint density at radius 3 is 1.94 bits per heavy atom. The normalized spacial score (nSPS) is 14.0. The van der Waals surface area contributed by atoms with E-state index in [4.69, 9.17) is 55.1 Å². The number of benzene rings is 4. The summed E-state index contributed by atoms with van der Waals surface area (Å²) in [6, 6.07) is 23.3. The predicted molar refractivity (Wildman–Crippen MR) is 205 cm³/mol. The van der Waals surface area contributed by atoms with Gasteiger partial charge in [0.05, 0.1) is 30.3 Å². The molecule has 19 heteroatoms. The minimum Gasteiger partial charge on any atom is -0.379 e. The summed E-state index contributed by atoms with van der Waals surface area (Å²) < 4.78 is 61.4. The largest absolute Gasteiger partial charge is 0.379 e. The highest BCUT2D eigenvalue weighted by atomic mass is 35.5. The quantitative estimate of drug-likeness (QED) is 0.0947. The second-order valence-electron chi connectivity index (χ2n) is 11.2. The van der Waals surface area contributed by atoms with Gasteiger partial charge in [0.2, 0.25) is 0 Å². The molecule has 52 heavy (non-hydrogen) atoms. The number of nitrogens with one attached hydrogen (secondary N) is 2. The molecule has 1 aliphatic rings. The van der Waals surface area contributed by atoms with E-state index in [0.717, 1.165) is 39.3 Å². The zero-order chi connectivity index (χ0) is 37.5. The van der Waals surface area contributed by atoms with Gasteiger partial charge in [-0.1, -0.05) is 100 Å². The van der Waals surface area contributed by atoms with Gasteiger partial charge in [0.25, 0.3) is 10.1 Å². The molecule has 1 aromatic heterocycles. The van der Waals surface area contributed by atoms with Crippen LogP contribution in [0.4, 0.5) is 9.93 Å². The van der Waals surface area contributed by atoms with Crippen LogP contribution in [-0.2, 0) is 26.8 Å². The first-order chi connectivity index (χ1) is 24.7. The summed E-state index contributed by atoms with van der Waals surface area (Å²) in [5.74, 6) is 0.0759. The second kappa shape index (κ2) is 17.7. The number of urea groups is 1. The Labute approximate surface area is 325 Å². The van der Waals surface area contributed by atoms with Crippen molar-refractivity contribution in [3.05, 3.63) is 111 Å². The Balaban J connectivity index is 0.000000370. The summed E-state index contributed by atoms with van der Waals surface area (Å²) in [4.78, 5) is 20.9. The van der Waals surface area contributed by atoms with Crippen molar-refractivity contribution in [1.29, 1.82) is 0 Å². The first-order valence-corrected chi connectivity index (χ1v) is 20.6. The van der Waals surface area contributed by atoms with Crippen molar-refractivity contribution in [3.8, 4) is 5.75 Å². The highest BCUT2D eigenvalue weighted by Crippen LogP contribution is 2.34. The average molecular weight is 848 g/mol. The third-order valence-electron chi connectivity index (χ3n) is 7.56. The van der Waals surface area contributed by atoms with Gasteiger partial charge in [-0.15, -0.1) is 0 Å². The number of aromatic nitrogens is 1. The number of rotatable bonds is 10. The van der Waals surface area contributed by atoms with Crippen molar-refractivity contribution < 1.29 is 30.4 Å². The van der Waals surface area contributed by atoms with Crippen molar-refractivity contribution in [2.24, 2.45) is 0 Å². The van der Waals surface area contributed by atoms with Crippen LogP contribution in [0.5, 0.6) is 5.75 Å². The zero-order valence-electron chi connectivity index (χ0n) is 27.0. The van der Waals surface area contributed by atoms with Crippen LogP contribution >= 0.6 is 57.7 Å². The van der Waals surface area contributed by atoms with E-state index in [2.05, 4.69) is 49.7 Å². The number of hydrogen-bond donors (Lipinski definition) is 3. The van der Waals surface area contributed by atoms with Crippen LogP contribution in [-0.4, -0.2) is 81.5 Å². The Kier molecular flexibility index (Phi) is 13.6. The number of piperazine rings is 1. The van der Waals surface area contributed by atoms with Gasteiger partial charge in [0.1, 0.15) is 15.5 Å². The molecule has 0 atom stereocenters. The number of fused-ring (bicyclic) bond motifs is 1. The van der Waals surface area contributed by atoms with Crippen molar-refractivity contribution in [3.63, 3.8) is 0 Å². The maximum atomic E-state index is 12.8. The Bertz CT molecular complexity index is 2210. The molecule has 1 fully saturated rings. The van der Waals surface area contributed by atoms with Crippen LogP contribution in [0, 0.1) is 0 Å². The summed E-state index contributed by atoms with van der Waals surface area (Å²) >= 11 is 24.3. The Morgan fingerprint density at radius 2 is 1.37 bits per heavy atom. The fourth-order valence-corrected chi connectivity index (χ4v) is 9.63. The van der Waals surface area contributed by atoms with Gasteiger partial charge < -0.3 is 9.50 Å². The van der Waals surface area contributed by atoms with Crippen molar-refractivity contribution >= 4 is 99.4 Å². The topological polar surface area (TPSA) is 158 Å². The Hall–Kier alpha value is -3.22. The molecule has 0 bridgehead atoms. The fourth-order valence-electron chi connectivity index (χ4n) is 5.11. The van der Waals surface area contributed by atoms with Crippen LogP contribution in [0.1, 0.15) is 5.56 Å². The van der Waals surface area contributed by atoms with Crippen molar-refractivity contribution in [2.75, 3.05) is 44.6 Å². The molecule has 276 valence electrons. The maximum Gasteiger partial charge on any atom is 0.342 e. The third kappa shape index (κ3) is 10.9. The van der Waals surface area contributed by atoms with Gasteiger partial charge in [-0.3, -0.25) is 19.7 Å². The molecule has 2 amide bonds. The minimum atomic E-state index is -4.33. The van der Waals surface area contributed by atoms with Crippen molar-refractivity contribution in [1.82, 2.24) is 20.1 Å². The van der Waals surface area contributed by atoms with E-state index in [1.165, 1.54) is 59.4 Å². The molecule has 1 aliphatic heterocycles. The van der Waals surface area contributed by atoms with E-state index in [9.17, 15) is 21.6 Å². The summed E-state index contributed by atoms with van der Waals surface area (Å²) in [5, 5.41) is 5.76. The number of carbonyl (C=O) groups is 1. The number of hydrogen-bond acceptors (Lipinski definition) is 10. The van der Waals surface area contributed by atoms with E-state index in [1.807, 2.05) is 6.07 Å². The highest BCUT2D eigenvalue weighted by molar-refractivity contribution is 7.87. The molecule has 0 spiro atoms. The van der Waals surface area contributed by atoms with Crippen LogP contribution in [0.15, 0.2) is 94.7 Å². The van der Waals surface area contributed by atoms with E-state index < -0.39 is 25.1 Å². The molecule has 4 aromatic carbocycles. The van der Waals surface area contributed by atoms with Crippen molar-refractivity contribution in [2.45, 2.75) is 16.3 Å². The molecule has 0 unspecified atom stereocenters. The molecule has 6 rings (SSSR count). The molecule has 0 saturated carbocycles. The number of anilines is 1. The molecular weight excluding hydrogens is 816 g/mol. The summed E-state index contributed by atoms with van der Waals surface area (Å²) in [5.41, 5.74) is 1.91. The predicted octanol–water partition coefficient (Wildman–Crippen LogP) is 7.55. The van der Waals surface area contributed by atoms with Gasteiger partial charge in [0.15, 0.2) is 5.13 Å². The summed E-state index contributed by atoms with van der Waals surface area (Å²) in [6.45, 7) is 6.12. The van der Waals surface area contributed by atoms with Gasteiger partial charge in [-0.25, -0.2) is 9.78 Å². The van der Waals surface area contributed by atoms with Crippen LogP contribution in [0.2, 0.25) is 20.1 Å². The standard InChI is InChI=1S/C27H27Cl2N5O4S2.C6H4Cl2O3S/c28-21-7-4-8-22(29)25(21)40(36,37)38-20-9-10-23-24(17-20)39-27(31-23)32-26(35)30-11-12-33-13-15-34(16-14-33)18-19-5-2-1-3-6-19;7-4-2-1-3-5(8)6(4)12(9,10)11/h1-10,17H,11-16,18H2,(H2,30,31,32,35);1-3H,(H,9,10,11). The molecule has 2 heterocycles. The second-order valence-corrected chi connectivity index (χ2v) is 16.7. The third-order valence-corrected chi connectivity index (χ3v) is 12.5. The SMILES string of the molecule is O=C(NCCN1CCN(Cc2ccccc2)CC1)Nc1nc2ccc(OS(=O)(=O)c3c(Cl)cccc3Cl)cc2s1.O=S(=O)(O)c1c(Cl)cccc1Cl. The summed E-state index contributed by atoms with van der Waals surface area (Å²) in [6.07, 6.45) is 0. The fraction of sp³-hybridized carbons (Fsp3) is 0.212.